The molecule has 0 amide bonds. The lowest BCUT2D eigenvalue weighted by atomic mass is 9.83. The zero-order chi connectivity index (χ0) is 11.7. The van der Waals surface area contributed by atoms with Crippen LogP contribution in [0.2, 0.25) is 0 Å². The zero-order valence-corrected chi connectivity index (χ0v) is 9.91. The average molecular weight is 208 g/mol. The van der Waals surface area contributed by atoms with Gasteiger partial charge in [-0.2, -0.15) is 0 Å². The van der Waals surface area contributed by atoms with E-state index in [1.54, 1.807) is 20.8 Å². The van der Waals surface area contributed by atoms with E-state index < -0.39 is 11.2 Å². The summed E-state index contributed by atoms with van der Waals surface area (Å²) in [5.41, 5.74) is -0.205. The van der Waals surface area contributed by atoms with Crippen molar-refractivity contribution in [3.63, 3.8) is 0 Å². The summed E-state index contributed by atoms with van der Waals surface area (Å²) in [7, 11) is 0. The molecule has 2 N–H and O–H groups in total. The SMILES string of the molecule is CCC(C)(O)c1ccccc1C(C)(C)O. The molecule has 1 unspecified atom stereocenters. The van der Waals surface area contributed by atoms with Crippen LogP contribution in [-0.4, -0.2) is 10.2 Å². The molecule has 0 saturated heterocycles. The first-order valence-electron chi connectivity index (χ1n) is 5.34. The second-order valence-electron chi connectivity index (χ2n) is 4.73. The molecular formula is C13H20O2. The van der Waals surface area contributed by atoms with Crippen LogP contribution in [0.15, 0.2) is 24.3 Å². The molecule has 0 aliphatic carbocycles. The van der Waals surface area contributed by atoms with Crippen molar-refractivity contribution in [3.05, 3.63) is 35.4 Å². The Morgan fingerprint density at radius 2 is 1.47 bits per heavy atom. The Labute approximate surface area is 91.6 Å². The predicted octanol–water partition coefficient (Wildman–Crippen LogP) is 2.53. The van der Waals surface area contributed by atoms with Gasteiger partial charge in [0.25, 0.3) is 0 Å². The number of rotatable bonds is 3. The summed E-state index contributed by atoms with van der Waals surface area (Å²) in [4.78, 5) is 0. The van der Waals surface area contributed by atoms with E-state index in [0.29, 0.717) is 6.42 Å². The van der Waals surface area contributed by atoms with Crippen molar-refractivity contribution in [1.29, 1.82) is 0 Å². The third-order valence-corrected chi connectivity index (χ3v) is 2.85. The second-order valence-corrected chi connectivity index (χ2v) is 4.73. The van der Waals surface area contributed by atoms with Crippen molar-refractivity contribution < 1.29 is 10.2 Å². The van der Waals surface area contributed by atoms with E-state index in [2.05, 4.69) is 0 Å². The first kappa shape index (κ1) is 12.2. The summed E-state index contributed by atoms with van der Waals surface area (Å²) in [5.74, 6) is 0. The highest BCUT2D eigenvalue weighted by molar-refractivity contribution is 5.35. The maximum absolute atomic E-state index is 10.2. The smallest absolute Gasteiger partial charge is 0.0869 e. The molecule has 0 aliphatic rings. The van der Waals surface area contributed by atoms with Crippen LogP contribution in [0.5, 0.6) is 0 Å². The minimum absolute atomic E-state index is 0.625. The summed E-state index contributed by atoms with van der Waals surface area (Å²) in [6.07, 6.45) is 0.625. The van der Waals surface area contributed by atoms with Gasteiger partial charge in [-0.3, -0.25) is 0 Å². The fourth-order valence-corrected chi connectivity index (χ4v) is 1.68. The molecule has 2 heteroatoms. The number of hydrogen-bond donors (Lipinski definition) is 2. The van der Waals surface area contributed by atoms with Gasteiger partial charge in [0, 0.05) is 0 Å². The van der Waals surface area contributed by atoms with Gasteiger partial charge in [-0.15, -0.1) is 0 Å². The largest absolute Gasteiger partial charge is 0.386 e. The van der Waals surface area contributed by atoms with Gasteiger partial charge in [0.05, 0.1) is 11.2 Å². The zero-order valence-electron chi connectivity index (χ0n) is 9.91. The number of aliphatic hydroxyl groups is 2. The van der Waals surface area contributed by atoms with Crippen molar-refractivity contribution in [2.24, 2.45) is 0 Å². The topological polar surface area (TPSA) is 40.5 Å². The highest BCUT2D eigenvalue weighted by Gasteiger charge is 2.28. The molecule has 84 valence electrons. The quantitative estimate of drug-likeness (QED) is 0.801. The van der Waals surface area contributed by atoms with Gasteiger partial charge in [0.15, 0.2) is 0 Å². The van der Waals surface area contributed by atoms with E-state index in [-0.39, 0.29) is 0 Å². The third kappa shape index (κ3) is 2.58. The lowest BCUT2D eigenvalue weighted by Gasteiger charge is -2.29. The number of hydrogen-bond acceptors (Lipinski definition) is 2. The van der Waals surface area contributed by atoms with Crippen LogP contribution in [0.3, 0.4) is 0 Å². The molecule has 0 bridgehead atoms. The molecule has 1 aromatic carbocycles. The van der Waals surface area contributed by atoms with Crippen molar-refractivity contribution in [2.75, 3.05) is 0 Å². The Kier molecular flexibility index (Phi) is 3.22. The van der Waals surface area contributed by atoms with E-state index >= 15 is 0 Å². The summed E-state index contributed by atoms with van der Waals surface area (Å²) in [6.45, 7) is 7.17. The third-order valence-electron chi connectivity index (χ3n) is 2.85. The Morgan fingerprint density at radius 3 is 1.87 bits per heavy atom. The average Bonchev–Trinajstić information content (AvgIpc) is 2.16. The molecule has 2 nitrogen and oxygen atoms in total. The van der Waals surface area contributed by atoms with Crippen LogP contribution in [-0.2, 0) is 11.2 Å². The first-order chi connectivity index (χ1) is 6.79. The lowest BCUT2D eigenvalue weighted by molar-refractivity contribution is 0.0370. The van der Waals surface area contributed by atoms with Crippen molar-refractivity contribution in [3.8, 4) is 0 Å². The van der Waals surface area contributed by atoms with Crippen molar-refractivity contribution >= 4 is 0 Å². The lowest BCUT2D eigenvalue weighted by Crippen LogP contribution is -2.27. The Hall–Kier alpha value is -0.860. The van der Waals surface area contributed by atoms with E-state index in [0.717, 1.165) is 11.1 Å². The molecule has 1 rings (SSSR count). The summed E-state index contributed by atoms with van der Waals surface area (Å²) in [6, 6.07) is 7.49. The normalized spacial score (nSPS) is 16.1. The molecule has 0 heterocycles. The van der Waals surface area contributed by atoms with Crippen LogP contribution in [0, 0.1) is 0 Å². The van der Waals surface area contributed by atoms with Gasteiger partial charge >= 0.3 is 0 Å². The van der Waals surface area contributed by atoms with Crippen LogP contribution >= 0.6 is 0 Å². The minimum Gasteiger partial charge on any atom is -0.386 e. The van der Waals surface area contributed by atoms with E-state index in [1.807, 2.05) is 31.2 Å². The molecule has 15 heavy (non-hydrogen) atoms. The molecule has 1 atom stereocenters. The minimum atomic E-state index is -0.921. The molecule has 1 aromatic rings. The Balaban J connectivity index is 3.31. The van der Waals surface area contributed by atoms with E-state index in [9.17, 15) is 10.2 Å². The second kappa shape index (κ2) is 3.95. The molecule has 0 radical (unpaired) electrons. The molecule has 0 fully saturated rings. The maximum Gasteiger partial charge on any atom is 0.0869 e. The monoisotopic (exact) mass is 208 g/mol. The van der Waals surface area contributed by atoms with Crippen LogP contribution in [0.4, 0.5) is 0 Å². The summed E-state index contributed by atoms with van der Waals surface area (Å²) >= 11 is 0. The van der Waals surface area contributed by atoms with Gasteiger partial charge in [-0.1, -0.05) is 31.2 Å². The van der Waals surface area contributed by atoms with E-state index in [4.69, 9.17) is 0 Å². The summed E-state index contributed by atoms with van der Waals surface area (Å²) < 4.78 is 0. The number of benzene rings is 1. The Bertz CT molecular complexity index is 335. The highest BCUT2D eigenvalue weighted by Crippen LogP contribution is 2.32. The molecule has 0 spiro atoms. The fraction of sp³-hybridized carbons (Fsp3) is 0.538. The first-order valence-corrected chi connectivity index (χ1v) is 5.34. The fourth-order valence-electron chi connectivity index (χ4n) is 1.68. The van der Waals surface area contributed by atoms with Crippen molar-refractivity contribution in [1.82, 2.24) is 0 Å². The van der Waals surface area contributed by atoms with Gasteiger partial charge in [-0.25, -0.2) is 0 Å². The van der Waals surface area contributed by atoms with Crippen LogP contribution in [0.25, 0.3) is 0 Å². The van der Waals surface area contributed by atoms with Crippen LogP contribution in [0.1, 0.15) is 45.2 Å². The van der Waals surface area contributed by atoms with Gasteiger partial charge in [0.2, 0.25) is 0 Å². The molecule has 0 aliphatic heterocycles. The van der Waals surface area contributed by atoms with Gasteiger partial charge in [0.1, 0.15) is 0 Å². The molecule has 0 aromatic heterocycles. The van der Waals surface area contributed by atoms with Gasteiger partial charge in [-0.05, 0) is 38.3 Å². The maximum atomic E-state index is 10.2. The summed E-state index contributed by atoms with van der Waals surface area (Å²) in [5, 5.41) is 20.2. The molecular weight excluding hydrogens is 188 g/mol. The van der Waals surface area contributed by atoms with Gasteiger partial charge < -0.3 is 10.2 Å². The standard InChI is InChI=1S/C13H20O2/c1-5-13(4,15)11-9-7-6-8-10(11)12(2,3)14/h6-9,14-15H,5H2,1-4H3. The highest BCUT2D eigenvalue weighted by atomic mass is 16.3. The van der Waals surface area contributed by atoms with Crippen molar-refractivity contribution in [2.45, 2.75) is 45.3 Å². The molecule has 0 saturated carbocycles. The van der Waals surface area contributed by atoms with Crippen LogP contribution < -0.4 is 0 Å². The van der Waals surface area contributed by atoms with E-state index in [1.165, 1.54) is 0 Å². The predicted molar refractivity (Wildman–Crippen MR) is 61.5 cm³/mol. The Morgan fingerprint density at radius 1 is 1.00 bits per heavy atom.